The van der Waals surface area contributed by atoms with Crippen molar-refractivity contribution in [2.24, 2.45) is 5.92 Å². The topological polar surface area (TPSA) is 66.4 Å². The second kappa shape index (κ2) is 5.68. The molecular formula is C12H14ClNO3. The van der Waals surface area contributed by atoms with E-state index in [0.29, 0.717) is 11.3 Å². The molecule has 0 bridgehead atoms. The summed E-state index contributed by atoms with van der Waals surface area (Å²) >= 11 is 5.58. The Hall–Kier alpha value is -1.55. The molecule has 1 aromatic carbocycles. The molecule has 0 aliphatic rings. The van der Waals surface area contributed by atoms with Gasteiger partial charge in [-0.3, -0.25) is 4.79 Å². The molecule has 0 saturated carbocycles. The Morgan fingerprint density at radius 2 is 2.12 bits per heavy atom. The number of anilines is 1. The van der Waals surface area contributed by atoms with Crippen LogP contribution in [0.4, 0.5) is 5.69 Å². The normalized spacial score (nSPS) is 11.9. The van der Waals surface area contributed by atoms with E-state index in [-0.39, 0.29) is 23.3 Å². The molecule has 0 heterocycles. The number of aromatic carboxylic acids is 1. The minimum atomic E-state index is -1.01. The highest BCUT2D eigenvalue weighted by atomic mass is 35.5. The lowest BCUT2D eigenvalue weighted by Crippen LogP contribution is -2.22. The summed E-state index contributed by atoms with van der Waals surface area (Å²) < 4.78 is 0. The van der Waals surface area contributed by atoms with E-state index in [4.69, 9.17) is 16.7 Å². The summed E-state index contributed by atoms with van der Waals surface area (Å²) in [5.41, 5.74) is 1.23. The lowest BCUT2D eigenvalue weighted by atomic mass is 10.1. The molecule has 0 radical (unpaired) electrons. The number of carboxylic acids is 1. The van der Waals surface area contributed by atoms with Gasteiger partial charge in [0.2, 0.25) is 5.91 Å². The van der Waals surface area contributed by atoms with Gasteiger partial charge in [-0.2, -0.15) is 0 Å². The Labute approximate surface area is 105 Å². The minimum Gasteiger partial charge on any atom is -0.478 e. The maximum atomic E-state index is 11.6. The van der Waals surface area contributed by atoms with E-state index in [0.717, 1.165) is 0 Å². The number of hydrogen-bond donors (Lipinski definition) is 2. The maximum Gasteiger partial charge on any atom is 0.336 e. The lowest BCUT2D eigenvalue weighted by molar-refractivity contribution is -0.118. The van der Waals surface area contributed by atoms with E-state index in [1.165, 1.54) is 6.07 Å². The third kappa shape index (κ3) is 3.20. The zero-order valence-electron chi connectivity index (χ0n) is 9.66. The molecule has 2 N–H and O–H groups in total. The highest BCUT2D eigenvalue weighted by Crippen LogP contribution is 2.19. The fourth-order valence-electron chi connectivity index (χ4n) is 1.33. The highest BCUT2D eigenvalue weighted by molar-refractivity contribution is 6.19. The summed E-state index contributed by atoms with van der Waals surface area (Å²) in [6.07, 6.45) is 0. The molecule has 1 unspecified atom stereocenters. The molecule has 5 heteroatoms. The summed E-state index contributed by atoms with van der Waals surface area (Å²) in [6.45, 7) is 3.36. The SMILES string of the molecule is Cc1c(NC(=O)C(C)CCl)cccc1C(=O)O. The third-order valence-corrected chi connectivity index (χ3v) is 2.96. The van der Waals surface area contributed by atoms with Crippen LogP contribution in [0.2, 0.25) is 0 Å². The smallest absolute Gasteiger partial charge is 0.336 e. The van der Waals surface area contributed by atoms with Crippen molar-refractivity contribution in [3.05, 3.63) is 29.3 Å². The van der Waals surface area contributed by atoms with Crippen molar-refractivity contribution in [1.82, 2.24) is 0 Å². The molecule has 0 spiro atoms. The van der Waals surface area contributed by atoms with Crippen LogP contribution in [0.3, 0.4) is 0 Å². The molecule has 1 aromatic rings. The Morgan fingerprint density at radius 1 is 1.47 bits per heavy atom. The number of alkyl halides is 1. The van der Waals surface area contributed by atoms with Crippen molar-refractivity contribution < 1.29 is 14.7 Å². The fraction of sp³-hybridized carbons (Fsp3) is 0.333. The van der Waals surface area contributed by atoms with Gasteiger partial charge in [-0.15, -0.1) is 11.6 Å². The minimum absolute atomic E-state index is 0.182. The van der Waals surface area contributed by atoms with Crippen molar-refractivity contribution in [2.45, 2.75) is 13.8 Å². The van der Waals surface area contributed by atoms with Gasteiger partial charge in [0.15, 0.2) is 0 Å². The number of carbonyl (C=O) groups is 2. The van der Waals surface area contributed by atoms with Gasteiger partial charge < -0.3 is 10.4 Å². The van der Waals surface area contributed by atoms with Crippen molar-refractivity contribution >= 4 is 29.2 Å². The molecule has 92 valence electrons. The molecule has 1 rings (SSSR count). The van der Waals surface area contributed by atoms with E-state index in [1.807, 2.05) is 0 Å². The van der Waals surface area contributed by atoms with Gasteiger partial charge in [-0.25, -0.2) is 4.79 Å². The number of amides is 1. The molecule has 0 aromatic heterocycles. The number of carbonyl (C=O) groups excluding carboxylic acids is 1. The first kappa shape index (κ1) is 13.5. The van der Waals surface area contributed by atoms with E-state index in [1.54, 1.807) is 26.0 Å². The predicted octanol–water partition coefficient (Wildman–Crippen LogP) is 2.51. The predicted molar refractivity (Wildman–Crippen MR) is 66.7 cm³/mol. The molecule has 1 atom stereocenters. The van der Waals surface area contributed by atoms with Crippen LogP contribution in [0.15, 0.2) is 18.2 Å². The van der Waals surface area contributed by atoms with Crippen LogP contribution < -0.4 is 5.32 Å². The van der Waals surface area contributed by atoms with Crippen LogP contribution in [0.1, 0.15) is 22.8 Å². The number of rotatable bonds is 4. The second-order valence-electron chi connectivity index (χ2n) is 3.83. The van der Waals surface area contributed by atoms with E-state index < -0.39 is 5.97 Å². The zero-order valence-corrected chi connectivity index (χ0v) is 10.4. The van der Waals surface area contributed by atoms with Crippen LogP contribution in [0.25, 0.3) is 0 Å². The Morgan fingerprint density at radius 3 is 2.65 bits per heavy atom. The van der Waals surface area contributed by atoms with Crippen molar-refractivity contribution in [1.29, 1.82) is 0 Å². The van der Waals surface area contributed by atoms with Gasteiger partial charge in [0.25, 0.3) is 0 Å². The largest absolute Gasteiger partial charge is 0.478 e. The summed E-state index contributed by atoms with van der Waals surface area (Å²) in [7, 11) is 0. The van der Waals surface area contributed by atoms with Crippen molar-refractivity contribution in [3.63, 3.8) is 0 Å². The first-order valence-electron chi connectivity index (χ1n) is 5.17. The average Bonchev–Trinajstić information content (AvgIpc) is 2.30. The summed E-state index contributed by atoms with van der Waals surface area (Å²) in [5, 5.41) is 11.6. The number of halogens is 1. The van der Waals surface area contributed by atoms with E-state index >= 15 is 0 Å². The van der Waals surface area contributed by atoms with Gasteiger partial charge in [-0.1, -0.05) is 13.0 Å². The molecule has 1 amide bonds. The number of carboxylic acid groups (broad SMARTS) is 1. The van der Waals surface area contributed by atoms with Crippen LogP contribution >= 0.6 is 11.6 Å². The average molecular weight is 256 g/mol. The van der Waals surface area contributed by atoms with Gasteiger partial charge in [-0.05, 0) is 24.6 Å². The molecule has 4 nitrogen and oxygen atoms in total. The molecule has 0 aliphatic heterocycles. The third-order valence-electron chi connectivity index (χ3n) is 2.50. The Bertz CT molecular complexity index is 445. The number of benzene rings is 1. The standard InChI is InChI=1S/C12H14ClNO3/c1-7(6-13)11(15)14-10-5-3-4-9(8(10)2)12(16)17/h3-5,7H,6H2,1-2H3,(H,14,15)(H,16,17). The zero-order chi connectivity index (χ0) is 13.0. The van der Waals surface area contributed by atoms with Crippen molar-refractivity contribution in [2.75, 3.05) is 11.2 Å². The molecule has 0 fully saturated rings. The molecule has 0 aliphatic carbocycles. The Balaban J connectivity index is 2.96. The van der Waals surface area contributed by atoms with Gasteiger partial charge in [0.1, 0.15) is 0 Å². The van der Waals surface area contributed by atoms with Gasteiger partial charge >= 0.3 is 5.97 Å². The van der Waals surface area contributed by atoms with Gasteiger partial charge in [0, 0.05) is 17.5 Å². The van der Waals surface area contributed by atoms with Gasteiger partial charge in [0.05, 0.1) is 5.56 Å². The first-order valence-corrected chi connectivity index (χ1v) is 5.70. The summed E-state index contributed by atoms with van der Waals surface area (Å²) in [6, 6.07) is 4.76. The maximum absolute atomic E-state index is 11.6. The fourth-order valence-corrected chi connectivity index (χ4v) is 1.47. The molecule has 17 heavy (non-hydrogen) atoms. The van der Waals surface area contributed by atoms with Crippen LogP contribution in [0.5, 0.6) is 0 Å². The molecule has 0 saturated heterocycles. The second-order valence-corrected chi connectivity index (χ2v) is 4.14. The highest BCUT2D eigenvalue weighted by Gasteiger charge is 2.15. The van der Waals surface area contributed by atoms with Crippen LogP contribution in [-0.4, -0.2) is 22.9 Å². The van der Waals surface area contributed by atoms with Crippen molar-refractivity contribution in [3.8, 4) is 0 Å². The Kier molecular flexibility index (Phi) is 4.52. The number of hydrogen-bond acceptors (Lipinski definition) is 2. The summed E-state index contributed by atoms with van der Waals surface area (Å²) in [5.74, 6) is -1.32. The van der Waals surface area contributed by atoms with E-state index in [2.05, 4.69) is 5.32 Å². The summed E-state index contributed by atoms with van der Waals surface area (Å²) in [4.78, 5) is 22.5. The first-order chi connectivity index (χ1) is 7.97. The van der Waals surface area contributed by atoms with E-state index in [9.17, 15) is 9.59 Å². The van der Waals surface area contributed by atoms with Crippen LogP contribution in [-0.2, 0) is 4.79 Å². The lowest BCUT2D eigenvalue weighted by Gasteiger charge is -2.12. The quantitative estimate of drug-likeness (QED) is 0.813. The molecular weight excluding hydrogens is 242 g/mol. The monoisotopic (exact) mass is 255 g/mol. The number of nitrogens with one attached hydrogen (secondary N) is 1. The van der Waals surface area contributed by atoms with Crippen LogP contribution in [0, 0.1) is 12.8 Å².